The van der Waals surface area contributed by atoms with Crippen molar-refractivity contribution in [2.24, 2.45) is 35.5 Å². The zero-order valence-corrected chi connectivity index (χ0v) is 14.3. The van der Waals surface area contributed by atoms with Gasteiger partial charge in [0.1, 0.15) is 0 Å². The highest BCUT2D eigenvalue weighted by atomic mass is 79.9. The summed E-state index contributed by atoms with van der Waals surface area (Å²) < 4.78 is 0.769. The molecule has 1 N–H and O–H groups in total. The van der Waals surface area contributed by atoms with Crippen LogP contribution in [0.1, 0.15) is 16.8 Å². The maximum Gasteiger partial charge on any atom is 0.270 e. The Morgan fingerprint density at radius 1 is 1.08 bits per heavy atom. The predicted molar refractivity (Wildman–Crippen MR) is 88.2 cm³/mol. The van der Waals surface area contributed by atoms with Crippen molar-refractivity contribution in [3.8, 4) is 0 Å². The number of hydrazine groups is 1. The maximum atomic E-state index is 12.8. The van der Waals surface area contributed by atoms with Crippen LogP contribution in [0.2, 0.25) is 0 Å². The van der Waals surface area contributed by atoms with Crippen LogP contribution in [0.15, 0.2) is 40.9 Å². The van der Waals surface area contributed by atoms with Gasteiger partial charge in [-0.3, -0.25) is 19.8 Å². The van der Waals surface area contributed by atoms with Crippen molar-refractivity contribution in [1.82, 2.24) is 10.4 Å². The minimum atomic E-state index is -0.442. The molecule has 6 heteroatoms. The van der Waals surface area contributed by atoms with Crippen molar-refractivity contribution in [3.05, 3.63) is 46.5 Å². The van der Waals surface area contributed by atoms with Gasteiger partial charge < -0.3 is 0 Å². The molecule has 3 fully saturated rings. The first-order valence-electron chi connectivity index (χ1n) is 8.19. The Morgan fingerprint density at radius 2 is 1.71 bits per heavy atom. The molecule has 6 atom stereocenters. The summed E-state index contributed by atoms with van der Waals surface area (Å²) in [5.41, 5.74) is 2.93. The molecule has 5 nitrogen and oxygen atoms in total. The van der Waals surface area contributed by atoms with Gasteiger partial charge in [-0.15, -0.1) is 0 Å². The second-order valence-corrected chi connectivity index (χ2v) is 8.03. The van der Waals surface area contributed by atoms with Gasteiger partial charge in [0.2, 0.25) is 0 Å². The maximum absolute atomic E-state index is 12.8. The normalized spacial score (nSPS) is 38.1. The summed E-state index contributed by atoms with van der Waals surface area (Å²) in [5, 5.41) is 0.969. The standard InChI is InChI=1S/C18H15BrN2O3/c19-9-3-1-2-8(6-9)16(22)20-21-17(23)14-10-4-5-11(13-7-12(10)13)15(14)18(21)24/h1-6,10-15H,7H2,(H,20,22)/t10-,11+,12-,13-,14+,15-/m1/s1. The van der Waals surface area contributed by atoms with Gasteiger partial charge >= 0.3 is 0 Å². The Labute approximate surface area is 147 Å². The lowest BCUT2D eigenvalue weighted by molar-refractivity contribution is -0.143. The van der Waals surface area contributed by atoms with Crippen molar-refractivity contribution < 1.29 is 14.4 Å². The SMILES string of the molecule is O=C(NN1C(=O)[C@@H]2[C@H]3C=C[C@H]([C@H]4C[C@H]34)[C@@H]2C1=O)c1cccc(Br)c1. The molecule has 0 unspecified atom stereocenters. The fraction of sp³-hybridized carbons (Fsp3) is 0.389. The first kappa shape index (κ1) is 14.4. The van der Waals surface area contributed by atoms with Gasteiger partial charge in [0.25, 0.3) is 17.7 Å². The Balaban J connectivity index is 1.41. The number of hydrogen-bond acceptors (Lipinski definition) is 3. The summed E-state index contributed by atoms with van der Waals surface area (Å²) in [6.45, 7) is 0. The summed E-state index contributed by atoms with van der Waals surface area (Å²) in [6.07, 6.45) is 5.36. The van der Waals surface area contributed by atoms with E-state index < -0.39 is 5.91 Å². The fourth-order valence-corrected chi connectivity index (χ4v) is 5.26. The van der Waals surface area contributed by atoms with Crippen LogP contribution in [0.25, 0.3) is 0 Å². The molecule has 1 aromatic rings. The number of imide groups is 1. The topological polar surface area (TPSA) is 66.5 Å². The molecule has 3 amide bonds. The molecular formula is C18H15BrN2O3. The molecule has 0 spiro atoms. The Hall–Kier alpha value is -1.95. The minimum Gasteiger partial charge on any atom is -0.272 e. The van der Waals surface area contributed by atoms with Crippen molar-refractivity contribution in [3.63, 3.8) is 0 Å². The highest BCUT2D eigenvalue weighted by Crippen LogP contribution is 2.65. The number of hydrogen-bond donors (Lipinski definition) is 1. The summed E-state index contributed by atoms with van der Waals surface area (Å²) in [5.74, 6) is -0.0998. The van der Waals surface area contributed by atoms with E-state index in [0.717, 1.165) is 15.9 Å². The fourth-order valence-electron chi connectivity index (χ4n) is 4.86. The van der Waals surface area contributed by atoms with Crippen molar-refractivity contribution in [2.45, 2.75) is 6.42 Å². The van der Waals surface area contributed by atoms with E-state index in [1.165, 1.54) is 0 Å². The van der Waals surface area contributed by atoms with Gasteiger partial charge in [-0.25, -0.2) is 0 Å². The molecule has 24 heavy (non-hydrogen) atoms. The number of allylic oxidation sites excluding steroid dienone is 2. The molecule has 2 bridgehead atoms. The zero-order chi connectivity index (χ0) is 16.6. The highest BCUT2D eigenvalue weighted by Gasteiger charge is 2.67. The number of carbonyl (C=O) groups excluding carboxylic acids is 3. The van der Waals surface area contributed by atoms with Gasteiger partial charge in [-0.05, 0) is 48.3 Å². The summed E-state index contributed by atoms with van der Waals surface area (Å²) >= 11 is 3.32. The molecule has 122 valence electrons. The second kappa shape index (κ2) is 4.79. The molecule has 1 saturated heterocycles. The lowest BCUT2D eigenvalue weighted by Crippen LogP contribution is -2.46. The third-order valence-electron chi connectivity index (χ3n) is 5.96. The summed E-state index contributed by atoms with van der Waals surface area (Å²) in [6, 6.07) is 6.86. The first-order valence-corrected chi connectivity index (χ1v) is 8.98. The van der Waals surface area contributed by atoms with E-state index in [1.54, 1.807) is 18.2 Å². The van der Waals surface area contributed by atoms with E-state index in [9.17, 15) is 14.4 Å². The molecule has 6 rings (SSSR count). The largest absolute Gasteiger partial charge is 0.272 e. The molecule has 1 aliphatic heterocycles. The second-order valence-electron chi connectivity index (χ2n) is 7.12. The lowest BCUT2D eigenvalue weighted by atomic mass is 9.63. The average Bonchev–Trinajstić information content (AvgIpc) is 3.36. The molecule has 2 saturated carbocycles. The van der Waals surface area contributed by atoms with Crippen LogP contribution in [-0.2, 0) is 9.59 Å². The molecule has 0 aromatic heterocycles. The van der Waals surface area contributed by atoms with Crippen LogP contribution in [0, 0.1) is 35.5 Å². The monoisotopic (exact) mass is 386 g/mol. The smallest absolute Gasteiger partial charge is 0.270 e. The summed E-state index contributed by atoms with van der Waals surface area (Å²) in [4.78, 5) is 38.0. The number of carbonyl (C=O) groups is 3. The minimum absolute atomic E-state index is 0.161. The van der Waals surface area contributed by atoms with Gasteiger partial charge in [0.15, 0.2) is 0 Å². The van der Waals surface area contributed by atoms with E-state index in [-0.39, 0.29) is 35.5 Å². The molecule has 1 aromatic carbocycles. The van der Waals surface area contributed by atoms with Crippen LogP contribution >= 0.6 is 15.9 Å². The van der Waals surface area contributed by atoms with Crippen LogP contribution in [0.5, 0.6) is 0 Å². The predicted octanol–water partition coefficient (Wildman–Crippen LogP) is 2.15. The number of nitrogens with zero attached hydrogens (tertiary/aromatic N) is 1. The number of rotatable bonds is 2. The van der Waals surface area contributed by atoms with Crippen LogP contribution < -0.4 is 5.43 Å². The van der Waals surface area contributed by atoms with E-state index in [4.69, 9.17) is 0 Å². The Bertz CT molecular complexity index is 784. The molecule has 5 aliphatic rings. The highest BCUT2D eigenvalue weighted by molar-refractivity contribution is 9.10. The van der Waals surface area contributed by atoms with Crippen molar-refractivity contribution in [1.29, 1.82) is 0 Å². The van der Waals surface area contributed by atoms with E-state index in [0.29, 0.717) is 17.4 Å². The van der Waals surface area contributed by atoms with Gasteiger partial charge in [0, 0.05) is 10.0 Å². The first-order chi connectivity index (χ1) is 11.6. The third kappa shape index (κ3) is 1.83. The Morgan fingerprint density at radius 3 is 2.29 bits per heavy atom. The van der Waals surface area contributed by atoms with E-state index in [1.807, 2.05) is 6.07 Å². The van der Waals surface area contributed by atoms with Crippen molar-refractivity contribution >= 4 is 33.7 Å². The van der Waals surface area contributed by atoms with Crippen LogP contribution in [-0.4, -0.2) is 22.7 Å². The third-order valence-corrected chi connectivity index (χ3v) is 6.46. The van der Waals surface area contributed by atoms with Gasteiger partial charge in [-0.1, -0.05) is 34.1 Å². The van der Waals surface area contributed by atoms with Gasteiger partial charge in [0.05, 0.1) is 11.8 Å². The zero-order valence-electron chi connectivity index (χ0n) is 12.7. The molecule has 4 aliphatic carbocycles. The van der Waals surface area contributed by atoms with Crippen molar-refractivity contribution in [2.75, 3.05) is 0 Å². The Kier molecular flexibility index (Phi) is 2.87. The van der Waals surface area contributed by atoms with Crippen LogP contribution in [0.4, 0.5) is 0 Å². The van der Waals surface area contributed by atoms with E-state index >= 15 is 0 Å². The number of halogens is 1. The number of amides is 3. The molecule has 0 radical (unpaired) electrons. The molecule has 1 heterocycles. The van der Waals surface area contributed by atoms with Gasteiger partial charge in [-0.2, -0.15) is 5.01 Å². The lowest BCUT2D eigenvalue weighted by Gasteiger charge is -2.37. The molecular weight excluding hydrogens is 372 g/mol. The van der Waals surface area contributed by atoms with Crippen LogP contribution in [0.3, 0.4) is 0 Å². The number of nitrogens with one attached hydrogen (secondary N) is 1. The van der Waals surface area contributed by atoms with E-state index in [2.05, 4.69) is 33.5 Å². The average molecular weight is 387 g/mol. The quantitative estimate of drug-likeness (QED) is 0.625. The summed E-state index contributed by atoms with van der Waals surface area (Å²) in [7, 11) is 0. The number of benzene rings is 1.